The number of rotatable bonds is 3. The molecule has 0 saturated heterocycles. The molecule has 4 N–H and O–H groups in total. The van der Waals surface area contributed by atoms with Gasteiger partial charge in [0.25, 0.3) is 0 Å². The number of fused-ring (bicyclic) bond motifs is 1. The van der Waals surface area contributed by atoms with E-state index in [1.165, 1.54) is 5.56 Å². The summed E-state index contributed by atoms with van der Waals surface area (Å²) in [6, 6.07) is 11.8. The van der Waals surface area contributed by atoms with E-state index in [1.54, 1.807) is 6.07 Å². The predicted octanol–water partition coefficient (Wildman–Crippen LogP) is 2.22. The number of nitrogens with zero attached hydrogens (tertiary/aromatic N) is 2. The number of carbonyl (C=O) groups excluding carboxylic acids is 1. The molecule has 1 unspecified atom stereocenters. The predicted molar refractivity (Wildman–Crippen MR) is 91.2 cm³/mol. The number of aldehydes is 1. The zero-order chi connectivity index (χ0) is 15.5. The van der Waals surface area contributed by atoms with Gasteiger partial charge in [-0.05, 0) is 24.0 Å². The van der Waals surface area contributed by atoms with Crippen molar-refractivity contribution in [3.63, 3.8) is 0 Å². The van der Waals surface area contributed by atoms with E-state index in [9.17, 15) is 4.79 Å². The van der Waals surface area contributed by atoms with Crippen LogP contribution in [-0.2, 0) is 6.42 Å². The van der Waals surface area contributed by atoms with Crippen LogP contribution >= 0.6 is 12.4 Å². The maximum atomic E-state index is 10.9. The Hall–Kier alpha value is -2.60. The van der Waals surface area contributed by atoms with Crippen LogP contribution in [0.2, 0.25) is 0 Å². The second-order valence-electron chi connectivity index (χ2n) is 5.19. The van der Waals surface area contributed by atoms with Gasteiger partial charge in [0, 0.05) is 12.0 Å². The van der Waals surface area contributed by atoms with Crippen LogP contribution in [0.1, 0.15) is 39.8 Å². The van der Waals surface area contributed by atoms with Crippen LogP contribution in [0.3, 0.4) is 0 Å². The normalized spacial score (nSPS) is 17.9. The van der Waals surface area contributed by atoms with Crippen LogP contribution in [-0.4, -0.2) is 18.0 Å². The highest BCUT2D eigenvalue weighted by atomic mass is 35.5. The second kappa shape index (κ2) is 7.11. The molecule has 0 spiro atoms. The molecule has 7 heteroatoms. The number of halogens is 1. The van der Waals surface area contributed by atoms with Crippen molar-refractivity contribution in [2.24, 2.45) is 21.7 Å². The molecule has 1 aromatic carbocycles. The third-order valence-electron chi connectivity index (χ3n) is 3.68. The third-order valence-corrected chi connectivity index (χ3v) is 3.68. The fourth-order valence-electron chi connectivity index (χ4n) is 2.72. The van der Waals surface area contributed by atoms with E-state index in [0.717, 1.165) is 17.0 Å². The van der Waals surface area contributed by atoms with Crippen molar-refractivity contribution in [3.8, 4) is 0 Å². The maximum Gasteiger partial charge on any atom is 0.211 e. The number of benzene rings is 1. The molecule has 0 radical (unpaired) electrons. The molecule has 1 aromatic heterocycles. The lowest BCUT2D eigenvalue weighted by Crippen LogP contribution is -2.23. The molecule has 2 aromatic rings. The van der Waals surface area contributed by atoms with E-state index in [1.807, 2.05) is 18.2 Å². The number of carbonyl (C=O) groups is 1. The minimum absolute atomic E-state index is 0. The summed E-state index contributed by atoms with van der Waals surface area (Å²) in [5.74, 6) is 1.14. The number of hydrogen-bond acceptors (Lipinski definition) is 4. The van der Waals surface area contributed by atoms with E-state index in [4.69, 9.17) is 15.9 Å². The first-order valence-electron chi connectivity index (χ1n) is 6.96. The molecule has 0 aliphatic heterocycles. The van der Waals surface area contributed by atoms with Crippen LogP contribution in [0.4, 0.5) is 0 Å². The van der Waals surface area contributed by atoms with Gasteiger partial charge in [0.15, 0.2) is 12.0 Å². The van der Waals surface area contributed by atoms with Gasteiger partial charge in [-0.2, -0.15) is 5.10 Å². The van der Waals surface area contributed by atoms with E-state index in [-0.39, 0.29) is 30.0 Å². The fraction of sp³-hybridized carbons (Fsp3) is 0.188. The second-order valence-corrected chi connectivity index (χ2v) is 5.19. The Balaban J connectivity index is 0.00000192. The highest BCUT2D eigenvalue weighted by Crippen LogP contribution is 2.34. The summed E-state index contributed by atoms with van der Waals surface area (Å²) in [5, 5.41) is 7.87. The molecule has 120 valence electrons. The van der Waals surface area contributed by atoms with Gasteiger partial charge in [0.1, 0.15) is 5.76 Å². The SMILES string of the molecule is Cl.NC(N)=NN=C1CC(c2ccccc2)Cc2oc(C=O)cc21. The summed E-state index contributed by atoms with van der Waals surface area (Å²) in [4.78, 5) is 10.9. The van der Waals surface area contributed by atoms with Crippen LogP contribution in [0, 0.1) is 0 Å². The van der Waals surface area contributed by atoms with Gasteiger partial charge in [-0.15, -0.1) is 17.5 Å². The van der Waals surface area contributed by atoms with Gasteiger partial charge in [-0.25, -0.2) is 0 Å². The standard InChI is InChI=1S/C16H16N4O2.ClH/c17-16(18)20-19-14-6-11(10-4-2-1-3-5-10)7-15-13(14)8-12(9-21)22-15;/h1-5,8-9,11H,6-7H2,(H4,17,18,20);1H. The molecule has 0 amide bonds. The molecule has 1 atom stereocenters. The lowest BCUT2D eigenvalue weighted by molar-refractivity contribution is 0.109. The largest absolute Gasteiger partial charge is 0.458 e. The van der Waals surface area contributed by atoms with Crippen molar-refractivity contribution >= 4 is 30.4 Å². The van der Waals surface area contributed by atoms with Crippen LogP contribution in [0.15, 0.2) is 51.0 Å². The topological polar surface area (TPSA) is 107 Å². The zero-order valence-electron chi connectivity index (χ0n) is 12.3. The molecular weight excluding hydrogens is 316 g/mol. The molecule has 0 bridgehead atoms. The van der Waals surface area contributed by atoms with Gasteiger partial charge >= 0.3 is 0 Å². The van der Waals surface area contributed by atoms with Crippen molar-refractivity contribution in [2.75, 3.05) is 0 Å². The lowest BCUT2D eigenvalue weighted by Gasteiger charge is -2.22. The van der Waals surface area contributed by atoms with Gasteiger partial charge in [0.2, 0.25) is 5.96 Å². The molecule has 0 saturated carbocycles. The Morgan fingerprint density at radius 2 is 1.96 bits per heavy atom. The van der Waals surface area contributed by atoms with Gasteiger partial charge < -0.3 is 15.9 Å². The van der Waals surface area contributed by atoms with Gasteiger partial charge in [-0.1, -0.05) is 30.3 Å². The summed E-state index contributed by atoms with van der Waals surface area (Å²) in [6.45, 7) is 0. The first kappa shape index (κ1) is 16.8. The van der Waals surface area contributed by atoms with E-state index in [0.29, 0.717) is 19.1 Å². The Kier molecular flexibility index (Phi) is 5.18. The highest BCUT2D eigenvalue weighted by molar-refractivity contribution is 6.04. The third kappa shape index (κ3) is 3.60. The quantitative estimate of drug-likeness (QED) is 0.389. The van der Waals surface area contributed by atoms with Crippen molar-refractivity contribution in [3.05, 3.63) is 59.0 Å². The van der Waals surface area contributed by atoms with Gasteiger partial charge in [0.05, 0.1) is 5.71 Å². The van der Waals surface area contributed by atoms with E-state index in [2.05, 4.69) is 22.3 Å². The molecule has 1 aliphatic carbocycles. The molecule has 1 heterocycles. The fourth-order valence-corrected chi connectivity index (χ4v) is 2.72. The average molecular weight is 333 g/mol. The maximum absolute atomic E-state index is 10.9. The number of nitrogens with two attached hydrogens (primary N) is 2. The lowest BCUT2D eigenvalue weighted by atomic mass is 9.82. The Bertz CT molecular complexity index is 749. The summed E-state index contributed by atoms with van der Waals surface area (Å²) in [7, 11) is 0. The Morgan fingerprint density at radius 3 is 2.61 bits per heavy atom. The van der Waals surface area contributed by atoms with E-state index < -0.39 is 0 Å². The van der Waals surface area contributed by atoms with Crippen molar-refractivity contribution in [1.82, 2.24) is 0 Å². The zero-order valence-corrected chi connectivity index (χ0v) is 13.1. The first-order valence-corrected chi connectivity index (χ1v) is 6.96. The number of furan rings is 1. The molecular formula is C16H17ClN4O2. The highest BCUT2D eigenvalue weighted by Gasteiger charge is 2.28. The van der Waals surface area contributed by atoms with Crippen molar-refractivity contribution in [2.45, 2.75) is 18.8 Å². The Labute approximate surface area is 139 Å². The molecule has 3 rings (SSSR count). The summed E-state index contributed by atoms with van der Waals surface area (Å²) in [5.41, 5.74) is 13.4. The molecule has 6 nitrogen and oxygen atoms in total. The summed E-state index contributed by atoms with van der Waals surface area (Å²) in [6.07, 6.45) is 2.09. The van der Waals surface area contributed by atoms with Crippen LogP contribution in [0.25, 0.3) is 0 Å². The molecule has 23 heavy (non-hydrogen) atoms. The number of hydrogen-bond donors (Lipinski definition) is 2. The summed E-state index contributed by atoms with van der Waals surface area (Å²) < 4.78 is 5.58. The summed E-state index contributed by atoms with van der Waals surface area (Å²) >= 11 is 0. The Morgan fingerprint density at radius 1 is 1.22 bits per heavy atom. The van der Waals surface area contributed by atoms with E-state index >= 15 is 0 Å². The van der Waals surface area contributed by atoms with Crippen LogP contribution in [0.5, 0.6) is 0 Å². The van der Waals surface area contributed by atoms with Crippen molar-refractivity contribution in [1.29, 1.82) is 0 Å². The average Bonchev–Trinajstić information content (AvgIpc) is 2.96. The number of guanidine groups is 1. The van der Waals surface area contributed by atoms with Crippen LogP contribution < -0.4 is 11.5 Å². The minimum atomic E-state index is -0.102. The minimum Gasteiger partial charge on any atom is -0.458 e. The first-order chi connectivity index (χ1) is 10.7. The smallest absolute Gasteiger partial charge is 0.211 e. The van der Waals surface area contributed by atoms with Gasteiger partial charge in [-0.3, -0.25) is 4.79 Å². The molecule has 0 fully saturated rings. The van der Waals surface area contributed by atoms with Crippen molar-refractivity contribution < 1.29 is 9.21 Å². The monoisotopic (exact) mass is 332 g/mol. The molecule has 1 aliphatic rings.